The van der Waals surface area contributed by atoms with Crippen LogP contribution < -0.4 is 15.0 Å². The van der Waals surface area contributed by atoms with E-state index in [-0.39, 0.29) is 18.5 Å². The first kappa shape index (κ1) is 21.1. The van der Waals surface area contributed by atoms with Crippen LogP contribution in [0.3, 0.4) is 0 Å². The van der Waals surface area contributed by atoms with Gasteiger partial charge in [-0.2, -0.15) is 0 Å². The van der Waals surface area contributed by atoms with Crippen LogP contribution in [-0.2, 0) is 4.79 Å². The molecule has 0 saturated carbocycles. The van der Waals surface area contributed by atoms with E-state index >= 15 is 0 Å². The topological polar surface area (TPSA) is 83.5 Å². The molecule has 168 valence electrons. The molecule has 1 aliphatic rings. The molecule has 0 unspecified atom stereocenters. The average molecular weight is 461 g/mol. The predicted molar refractivity (Wildman–Crippen MR) is 131 cm³/mol. The molecule has 5 rings (SSSR count). The Morgan fingerprint density at radius 3 is 2.58 bits per heavy atom. The molecule has 1 amide bonds. The van der Waals surface area contributed by atoms with Gasteiger partial charge in [0.05, 0.1) is 16.8 Å². The van der Waals surface area contributed by atoms with Crippen molar-refractivity contribution in [1.29, 1.82) is 0 Å². The molecule has 0 aliphatic carbocycles. The lowest BCUT2D eigenvalue weighted by atomic mass is 10.2. The van der Waals surface area contributed by atoms with Crippen molar-refractivity contribution < 1.29 is 9.53 Å². The van der Waals surface area contributed by atoms with E-state index in [2.05, 4.69) is 26.3 Å². The Hall–Kier alpha value is -3.72. The maximum Gasteiger partial charge on any atom is 0.263 e. The molecule has 9 heteroatoms. The number of ether oxygens (including phenoxy) is 1. The lowest BCUT2D eigenvalue weighted by Crippen LogP contribution is -2.53. The van der Waals surface area contributed by atoms with E-state index in [4.69, 9.17) is 4.74 Å². The summed E-state index contributed by atoms with van der Waals surface area (Å²) < 4.78 is 7.19. The van der Waals surface area contributed by atoms with Crippen LogP contribution in [0.4, 0.5) is 16.6 Å². The number of fused-ring (bicyclic) bond motifs is 1. The standard InChI is InChI=1S/C24H24N6O2S/c1-16(2)30-14-13-29(15-21(30)31)22-23(26-12-11-25-22)32-18-9-7-17(8-10-18)27-24-28-19-5-3-4-6-20(19)33-24/h3-12,16H,13-15H2,1-2H3,(H,27,28). The number of anilines is 3. The molecule has 0 spiro atoms. The number of piperazine rings is 1. The summed E-state index contributed by atoms with van der Waals surface area (Å²) >= 11 is 1.61. The zero-order valence-corrected chi connectivity index (χ0v) is 19.2. The lowest BCUT2D eigenvalue weighted by Gasteiger charge is -2.37. The summed E-state index contributed by atoms with van der Waals surface area (Å²) in [6, 6.07) is 15.9. The number of hydrogen-bond acceptors (Lipinski definition) is 8. The smallest absolute Gasteiger partial charge is 0.263 e. The van der Waals surface area contributed by atoms with Crippen LogP contribution in [0.25, 0.3) is 10.2 Å². The van der Waals surface area contributed by atoms with Crippen molar-refractivity contribution in [1.82, 2.24) is 19.9 Å². The monoisotopic (exact) mass is 460 g/mol. The van der Waals surface area contributed by atoms with Crippen LogP contribution in [0, 0.1) is 0 Å². The molecule has 0 atom stereocenters. The molecular weight excluding hydrogens is 436 g/mol. The van der Waals surface area contributed by atoms with Crippen LogP contribution >= 0.6 is 11.3 Å². The number of thiazole rings is 1. The lowest BCUT2D eigenvalue weighted by molar-refractivity contribution is -0.132. The predicted octanol–water partition coefficient (Wildman–Crippen LogP) is 4.68. The van der Waals surface area contributed by atoms with Gasteiger partial charge >= 0.3 is 0 Å². The van der Waals surface area contributed by atoms with Gasteiger partial charge in [0.25, 0.3) is 5.88 Å². The molecule has 8 nitrogen and oxygen atoms in total. The molecule has 4 aromatic rings. The largest absolute Gasteiger partial charge is 0.436 e. The highest BCUT2D eigenvalue weighted by Crippen LogP contribution is 2.31. The number of rotatable bonds is 6. The third-order valence-electron chi connectivity index (χ3n) is 5.44. The van der Waals surface area contributed by atoms with E-state index in [1.807, 2.05) is 66.1 Å². The molecule has 2 aromatic carbocycles. The Morgan fingerprint density at radius 2 is 1.82 bits per heavy atom. The van der Waals surface area contributed by atoms with Crippen molar-refractivity contribution in [2.45, 2.75) is 19.9 Å². The number of carbonyl (C=O) groups excluding carboxylic acids is 1. The second-order valence-electron chi connectivity index (χ2n) is 8.03. The Balaban J connectivity index is 1.28. The van der Waals surface area contributed by atoms with Crippen molar-refractivity contribution in [3.8, 4) is 11.6 Å². The van der Waals surface area contributed by atoms with Gasteiger partial charge in [0, 0.05) is 37.2 Å². The summed E-state index contributed by atoms with van der Waals surface area (Å²) in [5.74, 6) is 1.68. The van der Waals surface area contributed by atoms with Crippen LogP contribution in [0.15, 0.2) is 60.9 Å². The highest BCUT2D eigenvalue weighted by Gasteiger charge is 2.28. The number of aromatic nitrogens is 3. The molecule has 0 radical (unpaired) electrons. The fourth-order valence-corrected chi connectivity index (χ4v) is 4.67. The van der Waals surface area contributed by atoms with Gasteiger partial charge in [-0.25, -0.2) is 15.0 Å². The first-order chi connectivity index (χ1) is 16.1. The zero-order valence-electron chi connectivity index (χ0n) is 18.4. The number of nitrogens with one attached hydrogen (secondary N) is 1. The van der Waals surface area contributed by atoms with Crippen molar-refractivity contribution >= 4 is 44.1 Å². The van der Waals surface area contributed by atoms with Crippen molar-refractivity contribution in [3.05, 3.63) is 60.9 Å². The number of nitrogens with zero attached hydrogens (tertiary/aromatic N) is 5. The Bertz CT molecular complexity index is 1240. The normalized spacial score (nSPS) is 14.2. The minimum absolute atomic E-state index is 0.0816. The fourth-order valence-electron chi connectivity index (χ4n) is 3.79. The van der Waals surface area contributed by atoms with Crippen LogP contribution in [0.5, 0.6) is 11.6 Å². The molecule has 1 aliphatic heterocycles. The molecule has 3 heterocycles. The second-order valence-corrected chi connectivity index (χ2v) is 9.06. The fraction of sp³-hybridized carbons (Fsp3) is 0.250. The molecule has 0 bridgehead atoms. The van der Waals surface area contributed by atoms with Crippen molar-refractivity contribution in [3.63, 3.8) is 0 Å². The Kier molecular flexibility index (Phi) is 5.78. The van der Waals surface area contributed by atoms with Gasteiger partial charge in [0.15, 0.2) is 10.9 Å². The van der Waals surface area contributed by atoms with E-state index < -0.39 is 0 Å². The first-order valence-corrected chi connectivity index (χ1v) is 11.6. The van der Waals surface area contributed by atoms with Gasteiger partial charge in [0.2, 0.25) is 5.91 Å². The molecule has 2 aromatic heterocycles. The van der Waals surface area contributed by atoms with E-state index in [0.29, 0.717) is 30.5 Å². The maximum absolute atomic E-state index is 12.5. The summed E-state index contributed by atoms with van der Waals surface area (Å²) in [6.07, 6.45) is 3.21. The number of hydrogen-bond donors (Lipinski definition) is 1. The minimum atomic E-state index is 0.0816. The van der Waals surface area contributed by atoms with Crippen LogP contribution in [-0.4, -0.2) is 51.4 Å². The van der Waals surface area contributed by atoms with Gasteiger partial charge in [-0.05, 0) is 50.2 Å². The summed E-state index contributed by atoms with van der Waals surface area (Å²) in [7, 11) is 0. The molecule has 33 heavy (non-hydrogen) atoms. The van der Waals surface area contributed by atoms with Gasteiger partial charge in [-0.3, -0.25) is 4.79 Å². The van der Waals surface area contributed by atoms with Crippen molar-refractivity contribution in [2.24, 2.45) is 0 Å². The third kappa shape index (κ3) is 4.58. The van der Waals surface area contributed by atoms with Gasteiger partial charge < -0.3 is 19.9 Å². The van der Waals surface area contributed by atoms with Gasteiger partial charge in [0.1, 0.15) is 5.75 Å². The summed E-state index contributed by atoms with van der Waals surface area (Å²) in [5, 5.41) is 4.18. The van der Waals surface area contributed by atoms with E-state index in [0.717, 1.165) is 21.0 Å². The maximum atomic E-state index is 12.5. The summed E-state index contributed by atoms with van der Waals surface area (Å²) in [4.78, 5) is 29.7. The highest BCUT2D eigenvalue weighted by molar-refractivity contribution is 7.22. The summed E-state index contributed by atoms with van der Waals surface area (Å²) in [6.45, 7) is 5.65. The number of carbonyl (C=O) groups is 1. The molecule has 1 fully saturated rings. The Labute approximate surface area is 195 Å². The van der Waals surface area contributed by atoms with Crippen LogP contribution in [0.1, 0.15) is 13.8 Å². The molecular formula is C24H24N6O2S. The van der Waals surface area contributed by atoms with E-state index in [1.165, 1.54) is 0 Å². The van der Waals surface area contributed by atoms with Crippen molar-refractivity contribution in [2.75, 3.05) is 29.9 Å². The molecule has 1 saturated heterocycles. The number of benzene rings is 2. The first-order valence-electron chi connectivity index (χ1n) is 10.8. The minimum Gasteiger partial charge on any atom is -0.436 e. The highest BCUT2D eigenvalue weighted by atomic mass is 32.1. The van der Waals surface area contributed by atoms with Crippen LogP contribution in [0.2, 0.25) is 0 Å². The summed E-state index contributed by atoms with van der Waals surface area (Å²) in [5.41, 5.74) is 1.89. The number of para-hydroxylation sites is 1. The van der Waals surface area contributed by atoms with Gasteiger partial charge in [-0.1, -0.05) is 23.5 Å². The second kappa shape index (κ2) is 9.03. The molecule has 1 N–H and O–H groups in total. The Morgan fingerprint density at radius 1 is 1.03 bits per heavy atom. The van der Waals surface area contributed by atoms with E-state index in [1.54, 1.807) is 23.7 Å². The van der Waals surface area contributed by atoms with Gasteiger partial charge in [-0.15, -0.1) is 0 Å². The zero-order chi connectivity index (χ0) is 22.8. The number of amides is 1. The quantitative estimate of drug-likeness (QED) is 0.447. The van der Waals surface area contributed by atoms with E-state index in [9.17, 15) is 4.79 Å². The average Bonchev–Trinajstić information content (AvgIpc) is 3.23. The third-order valence-corrected chi connectivity index (χ3v) is 6.39. The SMILES string of the molecule is CC(C)N1CCN(c2nccnc2Oc2ccc(Nc3nc4ccccc4s3)cc2)CC1=O.